The van der Waals surface area contributed by atoms with Gasteiger partial charge in [-0.1, -0.05) is 19.4 Å². The van der Waals surface area contributed by atoms with Gasteiger partial charge in [0.1, 0.15) is 5.75 Å². The molecule has 1 atom stereocenters. The second-order valence-corrected chi connectivity index (χ2v) is 4.61. The summed E-state index contributed by atoms with van der Waals surface area (Å²) in [6.07, 6.45) is 2.39. The van der Waals surface area contributed by atoms with Crippen molar-refractivity contribution in [1.29, 1.82) is 0 Å². The molecule has 0 spiro atoms. The van der Waals surface area contributed by atoms with Crippen molar-refractivity contribution in [3.05, 3.63) is 24.3 Å². The Balaban J connectivity index is 2.48. The van der Waals surface area contributed by atoms with Gasteiger partial charge in [0, 0.05) is 31.9 Å². The SMILES string of the molecule is CCCC(N)C(=O)Nc1cccc(OCCCOC)c1. The molecule has 1 aromatic rings. The highest BCUT2D eigenvalue weighted by Gasteiger charge is 2.12. The summed E-state index contributed by atoms with van der Waals surface area (Å²) in [7, 11) is 1.66. The van der Waals surface area contributed by atoms with Crippen LogP contribution in [0.3, 0.4) is 0 Å². The summed E-state index contributed by atoms with van der Waals surface area (Å²) in [5, 5.41) is 2.80. The van der Waals surface area contributed by atoms with Gasteiger partial charge in [0.05, 0.1) is 12.6 Å². The maximum absolute atomic E-state index is 11.8. The molecule has 0 heterocycles. The van der Waals surface area contributed by atoms with Crippen LogP contribution < -0.4 is 15.8 Å². The minimum atomic E-state index is -0.466. The van der Waals surface area contributed by atoms with Gasteiger partial charge < -0.3 is 20.5 Å². The van der Waals surface area contributed by atoms with E-state index in [4.69, 9.17) is 15.2 Å². The molecule has 5 nitrogen and oxygen atoms in total. The molecule has 0 aliphatic heterocycles. The van der Waals surface area contributed by atoms with Crippen LogP contribution >= 0.6 is 0 Å². The van der Waals surface area contributed by atoms with E-state index >= 15 is 0 Å². The molecule has 0 saturated carbocycles. The standard InChI is InChI=1S/C15H24N2O3/c1-3-6-14(16)15(18)17-12-7-4-8-13(11-12)20-10-5-9-19-2/h4,7-8,11,14H,3,5-6,9-10,16H2,1-2H3,(H,17,18). The molecule has 112 valence electrons. The summed E-state index contributed by atoms with van der Waals surface area (Å²) in [4.78, 5) is 11.8. The number of methoxy groups -OCH3 is 1. The van der Waals surface area contributed by atoms with Crippen molar-refractivity contribution in [2.45, 2.75) is 32.2 Å². The van der Waals surface area contributed by atoms with Gasteiger partial charge in [-0.05, 0) is 18.6 Å². The number of hydrogen-bond donors (Lipinski definition) is 2. The summed E-state index contributed by atoms with van der Waals surface area (Å²) in [6, 6.07) is 6.84. The monoisotopic (exact) mass is 280 g/mol. The Morgan fingerprint density at radius 3 is 2.90 bits per heavy atom. The zero-order chi connectivity index (χ0) is 14.8. The molecule has 0 aliphatic carbocycles. The first-order valence-corrected chi connectivity index (χ1v) is 6.95. The van der Waals surface area contributed by atoms with E-state index in [1.807, 2.05) is 25.1 Å². The van der Waals surface area contributed by atoms with Gasteiger partial charge in [-0.25, -0.2) is 0 Å². The lowest BCUT2D eigenvalue weighted by Crippen LogP contribution is -2.35. The minimum absolute atomic E-state index is 0.164. The molecule has 0 radical (unpaired) electrons. The van der Waals surface area contributed by atoms with Crippen molar-refractivity contribution in [2.75, 3.05) is 25.6 Å². The molecule has 20 heavy (non-hydrogen) atoms. The van der Waals surface area contributed by atoms with E-state index in [-0.39, 0.29) is 5.91 Å². The Morgan fingerprint density at radius 1 is 1.40 bits per heavy atom. The van der Waals surface area contributed by atoms with Gasteiger partial charge >= 0.3 is 0 Å². The number of benzene rings is 1. The highest BCUT2D eigenvalue weighted by Crippen LogP contribution is 2.17. The number of carbonyl (C=O) groups excluding carboxylic acids is 1. The van der Waals surface area contributed by atoms with Crippen LogP contribution in [0, 0.1) is 0 Å². The van der Waals surface area contributed by atoms with Crippen molar-refractivity contribution in [1.82, 2.24) is 0 Å². The molecule has 0 aliphatic rings. The minimum Gasteiger partial charge on any atom is -0.493 e. The summed E-state index contributed by atoms with van der Waals surface area (Å²) in [5.74, 6) is 0.561. The molecule has 5 heteroatoms. The van der Waals surface area contributed by atoms with Crippen LogP contribution in [-0.2, 0) is 9.53 Å². The zero-order valence-corrected chi connectivity index (χ0v) is 12.2. The van der Waals surface area contributed by atoms with Gasteiger partial charge in [-0.2, -0.15) is 0 Å². The van der Waals surface area contributed by atoms with Gasteiger partial charge in [0.2, 0.25) is 5.91 Å². The topological polar surface area (TPSA) is 73.6 Å². The lowest BCUT2D eigenvalue weighted by atomic mass is 10.1. The largest absolute Gasteiger partial charge is 0.493 e. The summed E-state index contributed by atoms with van der Waals surface area (Å²) < 4.78 is 10.5. The van der Waals surface area contributed by atoms with E-state index in [9.17, 15) is 4.79 Å². The number of anilines is 1. The molecule has 3 N–H and O–H groups in total. The van der Waals surface area contributed by atoms with Crippen molar-refractivity contribution in [3.8, 4) is 5.75 Å². The lowest BCUT2D eigenvalue weighted by molar-refractivity contribution is -0.117. The first-order chi connectivity index (χ1) is 9.67. The van der Waals surface area contributed by atoms with Crippen molar-refractivity contribution in [3.63, 3.8) is 0 Å². The predicted octanol–water partition coefficient (Wildman–Crippen LogP) is 2.17. The molecule has 1 aromatic carbocycles. The Hall–Kier alpha value is -1.59. The molecule has 1 amide bonds. The second-order valence-electron chi connectivity index (χ2n) is 4.61. The molecular weight excluding hydrogens is 256 g/mol. The number of nitrogens with one attached hydrogen (secondary N) is 1. The molecule has 1 unspecified atom stereocenters. The number of ether oxygens (including phenoxy) is 2. The summed E-state index contributed by atoms with van der Waals surface area (Å²) in [5.41, 5.74) is 6.47. The molecule has 1 rings (SSSR count). The number of carbonyl (C=O) groups is 1. The Morgan fingerprint density at radius 2 is 2.20 bits per heavy atom. The number of hydrogen-bond acceptors (Lipinski definition) is 4. The fourth-order valence-corrected chi connectivity index (χ4v) is 1.73. The summed E-state index contributed by atoms with van der Waals surface area (Å²) in [6.45, 7) is 3.25. The van der Waals surface area contributed by atoms with E-state index in [0.717, 1.165) is 18.6 Å². The van der Waals surface area contributed by atoms with Gasteiger partial charge in [-0.3, -0.25) is 4.79 Å². The van der Waals surface area contributed by atoms with E-state index in [0.29, 0.717) is 25.3 Å². The van der Waals surface area contributed by atoms with Gasteiger partial charge in [-0.15, -0.1) is 0 Å². The zero-order valence-electron chi connectivity index (χ0n) is 12.2. The van der Waals surface area contributed by atoms with E-state index in [2.05, 4.69) is 5.32 Å². The highest BCUT2D eigenvalue weighted by molar-refractivity contribution is 5.94. The first kappa shape index (κ1) is 16.5. The second kappa shape index (κ2) is 9.34. The average molecular weight is 280 g/mol. The van der Waals surface area contributed by atoms with Crippen molar-refractivity contribution in [2.24, 2.45) is 5.73 Å². The molecule has 0 aromatic heterocycles. The Labute approximate surface area is 120 Å². The third-order valence-electron chi connectivity index (χ3n) is 2.80. The van der Waals surface area contributed by atoms with E-state index in [1.54, 1.807) is 13.2 Å². The third kappa shape index (κ3) is 6.04. The van der Waals surface area contributed by atoms with Crippen LogP contribution in [0.2, 0.25) is 0 Å². The van der Waals surface area contributed by atoms with Crippen LogP contribution in [0.4, 0.5) is 5.69 Å². The Bertz CT molecular complexity index is 410. The maximum atomic E-state index is 11.8. The highest BCUT2D eigenvalue weighted by atomic mass is 16.5. The van der Waals surface area contributed by atoms with Gasteiger partial charge in [0.15, 0.2) is 0 Å². The van der Waals surface area contributed by atoms with Crippen molar-refractivity contribution < 1.29 is 14.3 Å². The van der Waals surface area contributed by atoms with Crippen LogP contribution in [0.25, 0.3) is 0 Å². The van der Waals surface area contributed by atoms with E-state index in [1.165, 1.54) is 0 Å². The maximum Gasteiger partial charge on any atom is 0.241 e. The number of amides is 1. The third-order valence-corrected chi connectivity index (χ3v) is 2.80. The van der Waals surface area contributed by atoms with E-state index < -0.39 is 6.04 Å². The average Bonchev–Trinajstić information content (AvgIpc) is 2.44. The quantitative estimate of drug-likeness (QED) is 0.680. The fourth-order valence-electron chi connectivity index (χ4n) is 1.73. The molecule has 0 bridgehead atoms. The van der Waals surface area contributed by atoms with Crippen LogP contribution in [-0.4, -0.2) is 32.3 Å². The van der Waals surface area contributed by atoms with Crippen molar-refractivity contribution >= 4 is 11.6 Å². The summed E-state index contributed by atoms with van der Waals surface area (Å²) >= 11 is 0. The molecular formula is C15H24N2O3. The molecule has 0 saturated heterocycles. The fraction of sp³-hybridized carbons (Fsp3) is 0.533. The smallest absolute Gasteiger partial charge is 0.241 e. The normalized spacial score (nSPS) is 11.9. The van der Waals surface area contributed by atoms with Crippen LogP contribution in [0.5, 0.6) is 5.75 Å². The van der Waals surface area contributed by atoms with Crippen LogP contribution in [0.15, 0.2) is 24.3 Å². The lowest BCUT2D eigenvalue weighted by Gasteiger charge is -2.12. The molecule has 0 fully saturated rings. The first-order valence-electron chi connectivity index (χ1n) is 6.95. The number of rotatable bonds is 9. The van der Waals surface area contributed by atoms with Gasteiger partial charge in [0.25, 0.3) is 0 Å². The Kier molecular flexibility index (Phi) is 7.69. The number of nitrogens with two attached hydrogens (primary N) is 1. The van der Waals surface area contributed by atoms with Crippen LogP contribution in [0.1, 0.15) is 26.2 Å². The predicted molar refractivity (Wildman–Crippen MR) is 79.9 cm³/mol.